The second kappa shape index (κ2) is 10.6. The summed E-state index contributed by atoms with van der Waals surface area (Å²) in [5.74, 6) is 0.522. The molecule has 2 aromatic rings. The number of amidine groups is 1. The molecule has 1 aromatic heterocycles. The van der Waals surface area contributed by atoms with E-state index in [-0.39, 0.29) is 12.3 Å². The number of benzene rings is 1. The number of methoxy groups -OCH3 is 3. The number of thioether (sulfide) groups is 1. The van der Waals surface area contributed by atoms with Gasteiger partial charge in [0.2, 0.25) is 5.91 Å². The second-order valence-electron chi connectivity index (χ2n) is 7.80. The van der Waals surface area contributed by atoms with Crippen LogP contribution in [0.1, 0.15) is 30.5 Å². The fraction of sp³-hybridized carbons (Fsp3) is 0.280. The molecule has 1 amide bonds. The summed E-state index contributed by atoms with van der Waals surface area (Å²) in [6, 6.07) is 8.53. The van der Waals surface area contributed by atoms with E-state index in [1.54, 1.807) is 39.6 Å². The van der Waals surface area contributed by atoms with E-state index in [1.165, 1.54) is 18.9 Å². The number of carbonyl (C=O) groups excluding carboxylic acids is 2. The minimum Gasteiger partial charge on any atom is -0.497 e. The molecule has 1 atom stereocenters. The van der Waals surface area contributed by atoms with E-state index in [0.717, 1.165) is 16.8 Å². The molecule has 2 aliphatic rings. The number of aliphatic imine (C=N–C) groups is 1. The smallest absolute Gasteiger partial charge is 0.338 e. The van der Waals surface area contributed by atoms with E-state index < -0.39 is 12.0 Å². The Labute approximate surface area is 207 Å². The minimum absolute atomic E-state index is 0.111. The van der Waals surface area contributed by atoms with Crippen molar-refractivity contribution in [1.29, 1.82) is 0 Å². The zero-order chi connectivity index (χ0) is 24.9. The number of carbonyl (C=O) groups is 2. The van der Waals surface area contributed by atoms with Crippen molar-refractivity contribution >= 4 is 28.8 Å². The molecule has 0 fully saturated rings. The van der Waals surface area contributed by atoms with Crippen LogP contribution >= 0.6 is 11.8 Å². The molecular weight excluding hydrogens is 468 g/mol. The van der Waals surface area contributed by atoms with Gasteiger partial charge >= 0.3 is 5.97 Å². The minimum atomic E-state index is -0.593. The number of rotatable bonds is 8. The number of nitrogens with zero attached hydrogens (tertiary/aromatic N) is 3. The van der Waals surface area contributed by atoms with E-state index in [0.29, 0.717) is 34.5 Å². The summed E-state index contributed by atoms with van der Waals surface area (Å²) in [6.07, 6.45) is 3.48. The Balaban J connectivity index is 1.67. The van der Waals surface area contributed by atoms with E-state index in [1.807, 2.05) is 34.6 Å². The van der Waals surface area contributed by atoms with Crippen LogP contribution in [-0.2, 0) is 20.9 Å². The Morgan fingerprint density at radius 2 is 1.89 bits per heavy atom. The van der Waals surface area contributed by atoms with Gasteiger partial charge in [0.25, 0.3) is 0 Å². The summed E-state index contributed by atoms with van der Waals surface area (Å²) in [4.78, 5) is 36.3. The molecule has 0 saturated carbocycles. The molecule has 4 rings (SSSR count). The number of fused-ring (bicyclic) bond motifs is 1. The molecule has 1 N–H and O–H groups in total. The lowest BCUT2D eigenvalue weighted by molar-refractivity contribution is -0.136. The van der Waals surface area contributed by atoms with Gasteiger partial charge in [-0.05, 0) is 42.2 Å². The lowest BCUT2D eigenvalue weighted by Gasteiger charge is -2.36. The van der Waals surface area contributed by atoms with E-state index in [4.69, 9.17) is 14.2 Å². The largest absolute Gasteiger partial charge is 0.497 e. The Kier molecular flexibility index (Phi) is 7.40. The van der Waals surface area contributed by atoms with Gasteiger partial charge in [0.05, 0.1) is 45.1 Å². The molecule has 1 aromatic carbocycles. The highest BCUT2D eigenvalue weighted by molar-refractivity contribution is 8.16. The molecule has 182 valence electrons. The molecule has 0 radical (unpaired) electrons. The zero-order valence-corrected chi connectivity index (χ0v) is 20.7. The fourth-order valence-corrected chi connectivity index (χ4v) is 4.97. The molecule has 0 bridgehead atoms. The van der Waals surface area contributed by atoms with E-state index in [2.05, 4.69) is 15.3 Å². The van der Waals surface area contributed by atoms with Crippen LogP contribution in [0.4, 0.5) is 0 Å². The van der Waals surface area contributed by atoms with Crippen LogP contribution in [0.2, 0.25) is 0 Å². The van der Waals surface area contributed by atoms with Crippen molar-refractivity contribution in [1.82, 2.24) is 15.2 Å². The third kappa shape index (κ3) is 5.02. The monoisotopic (exact) mass is 494 g/mol. The predicted octanol–water partition coefficient (Wildman–Crippen LogP) is 3.55. The van der Waals surface area contributed by atoms with Crippen molar-refractivity contribution in [2.45, 2.75) is 25.9 Å². The SMILES string of the molecule is COC(=O)C1=C(C)N=C2SC=C(CC(=O)NCc3ccncc3)N2C1c1ccc(OC)cc1OC. The summed E-state index contributed by atoms with van der Waals surface area (Å²) in [6.45, 7) is 2.17. The van der Waals surface area contributed by atoms with E-state index in [9.17, 15) is 9.59 Å². The number of hydrogen-bond donors (Lipinski definition) is 1. The predicted molar refractivity (Wildman–Crippen MR) is 133 cm³/mol. The topological polar surface area (TPSA) is 102 Å². The Morgan fingerprint density at radius 3 is 2.57 bits per heavy atom. The molecule has 3 heterocycles. The average Bonchev–Trinajstić information content (AvgIpc) is 3.28. The van der Waals surface area contributed by atoms with Crippen molar-refractivity contribution in [3.05, 3.63) is 76.2 Å². The molecular formula is C25H26N4O5S. The maximum absolute atomic E-state index is 12.9. The van der Waals surface area contributed by atoms with Crippen molar-refractivity contribution in [2.24, 2.45) is 4.99 Å². The number of aromatic nitrogens is 1. The molecule has 0 spiro atoms. The number of pyridine rings is 1. The van der Waals surface area contributed by atoms with Gasteiger partial charge in [-0.2, -0.15) is 0 Å². The summed E-state index contributed by atoms with van der Waals surface area (Å²) >= 11 is 1.41. The van der Waals surface area contributed by atoms with Gasteiger partial charge < -0.3 is 24.4 Å². The summed E-state index contributed by atoms with van der Waals surface area (Å²) in [5, 5.41) is 5.51. The molecule has 1 unspecified atom stereocenters. The molecule has 35 heavy (non-hydrogen) atoms. The molecule has 10 heteroatoms. The standard InChI is InChI=1S/C25H26N4O5S/c1-15-22(24(31)34-4)23(19-6-5-18(32-2)12-20(19)33-3)29-17(14-35-25(29)28-15)11-21(30)27-13-16-7-9-26-10-8-16/h5-10,12,14,23H,11,13H2,1-4H3,(H,27,30). The first-order valence-corrected chi connectivity index (χ1v) is 11.7. The highest BCUT2D eigenvalue weighted by Crippen LogP contribution is 2.47. The lowest BCUT2D eigenvalue weighted by atomic mass is 9.93. The fourth-order valence-electron chi connectivity index (χ4n) is 4.01. The number of allylic oxidation sites excluding steroid dienone is 1. The van der Waals surface area contributed by atoms with Crippen molar-refractivity contribution in [2.75, 3.05) is 21.3 Å². The number of esters is 1. The lowest BCUT2D eigenvalue weighted by Crippen LogP contribution is -2.38. The number of amides is 1. The maximum atomic E-state index is 12.9. The number of ether oxygens (including phenoxy) is 3. The third-order valence-corrected chi connectivity index (χ3v) is 6.61. The van der Waals surface area contributed by atoms with Gasteiger partial charge in [-0.15, -0.1) is 0 Å². The van der Waals surface area contributed by atoms with Gasteiger partial charge in [-0.25, -0.2) is 9.79 Å². The van der Waals surface area contributed by atoms with Crippen LogP contribution in [0, 0.1) is 0 Å². The summed E-state index contributed by atoms with van der Waals surface area (Å²) in [5.41, 5.74) is 3.33. The normalized spacial score (nSPS) is 16.8. The van der Waals surface area contributed by atoms with Crippen LogP contribution in [0.15, 0.2) is 70.1 Å². The summed E-state index contributed by atoms with van der Waals surface area (Å²) in [7, 11) is 4.48. The zero-order valence-electron chi connectivity index (χ0n) is 19.9. The molecule has 0 saturated heterocycles. The Hall–Kier alpha value is -3.79. The third-order valence-electron chi connectivity index (χ3n) is 5.72. The quantitative estimate of drug-likeness (QED) is 0.556. The second-order valence-corrected chi connectivity index (χ2v) is 8.64. The molecule has 0 aliphatic carbocycles. The van der Waals surface area contributed by atoms with Crippen molar-refractivity contribution in [3.63, 3.8) is 0 Å². The van der Waals surface area contributed by atoms with Crippen LogP contribution in [-0.4, -0.2) is 48.3 Å². The average molecular weight is 495 g/mol. The first-order valence-electron chi connectivity index (χ1n) is 10.9. The van der Waals surface area contributed by atoms with E-state index >= 15 is 0 Å². The number of nitrogens with one attached hydrogen (secondary N) is 1. The Bertz CT molecular complexity index is 1230. The van der Waals surface area contributed by atoms with Gasteiger partial charge in [0.1, 0.15) is 11.5 Å². The Morgan fingerprint density at radius 1 is 1.11 bits per heavy atom. The van der Waals surface area contributed by atoms with Crippen molar-refractivity contribution in [3.8, 4) is 11.5 Å². The highest BCUT2D eigenvalue weighted by atomic mass is 32.2. The van der Waals surface area contributed by atoms with Gasteiger partial charge in [0, 0.05) is 36.3 Å². The number of hydrogen-bond acceptors (Lipinski definition) is 9. The van der Waals surface area contributed by atoms with Crippen LogP contribution in [0.25, 0.3) is 0 Å². The first-order chi connectivity index (χ1) is 17.0. The van der Waals surface area contributed by atoms with Crippen LogP contribution < -0.4 is 14.8 Å². The highest BCUT2D eigenvalue weighted by Gasteiger charge is 2.42. The van der Waals surface area contributed by atoms with Gasteiger partial charge in [-0.1, -0.05) is 11.8 Å². The summed E-state index contributed by atoms with van der Waals surface area (Å²) < 4.78 is 16.1. The first kappa shape index (κ1) is 24.3. The van der Waals surface area contributed by atoms with Crippen LogP contribution in [0.5, 0.6) is 11.5 Å². The van der Waals surface area contributed by atoms with Crippen molar-refractivity contribution < 1.29 is 23.8 Å². The maximum Gasteiger partial charge on any atom is 0.338 e. The van der Waals surface area contributed by atoms with Gasteiger partial charge in [-0.3, -0.25) is 9.78 Å². The van der Waals surface area contributed by atoms with Gasteiger partial charge in [0.15, 0.2) is 5.17 Å². The van der Waals surface area contributed by atoms with Crippen LogP contribution in [0.3, 0.4) is 0 Å². The molecule has 2 aliphatic heterocycles. The molecule has 9 nitrogen and oxygen atoms in total.